The van der Waals surface area contributed by atoms with Gasteiger partial charge in [-0.05, 0) is 81.6 Å². The van der Waals surface area contributed by atoms with Crippen molar-refractivity contribution in [2.24, 2.45) is 0 Å². The van der Waals surface area contributed by atoms with E-state index in [-0.39, 0.29) is 17.5 Å². The number of carbonyl (C=O) groups excluding carboxylic acids is 1. The van der Waals surface area contributed by atoms with Gasteiger partial charge in [0.05, 0.1) is 22.8 Å². The molecule has 7 rings (SSSR count). The van der Waals surface area contributed by atoms with Crippen LogP contribution in [-0.2, 0) is 17.8 Å². The van der Waals surface area contributed by atoms with E-state index in [4.69, 9.17) is 26.3 Å². The van der Waals surface area contributed by atoms with Crippen LogP contribution in [0, 0.1) is 0 Å². The lowest BCUT2D eigenvalue weighted by Crippen LogP contribution is -2.49. The number of likely N-dealkylation sites (N-methyl/N-ethyl adjacent to an activating group) is 1. The molecule has 1 atom stereocenters. The predicted octanol–water partition coefficient (Wildman–Crippen LogP) is 5.47. The third-order valence-electron chi connectivity index (χ3n) is 10.2. The summed E-state index contributed by atoms with van der Waals surface area (Å²) in [6, 6.07) is 13.1. The number of hydrogen-bond acceptors (Lipinski definition) is 7. The Labute approximate surface area is 259 Å². The Balaban J connectivity index is 1.22. The number of fused-ring (bicyclic) bond motifs is 3. The summed E-state index contributed by atoms with van der Waals surface area (Å²) in [6.45, 7) is 9.58. The van der Waals surface area contributed by atoms with E-state index in [9.17, 15) is 4.79 Å². The maximum absolute atomic E-state index is 12.5. The van der Waals surface area contributed by atoms with Crippen molar-refractivity contribution in [2.45, 2.75) is 63.1 Å². The van der Waals surface area contributed by atoms with E-state index < -0.39 is 0 Å². The Bertz CT molecular complexity index is 1530. The highest BCUT2D eigenvalue weighted by Crippen LogP contribution is 2.40. The van der Waals surface area contributed by atoms with Crippen molar-refractivity contribution in [3.8, 4) is 6.01 Å². The summed E-state index contributed by atoms with van der Waals surface area (Å²) in [4.78, 5) is 31.8. The molecule has 0 unspecified atom stereocenters. The fraction of sp³-hybridized carbons (Fsp3) is 0.500. The number of amides is 1. The fourth-order valence-electron chi connectivity index (χ4n) is 7.92. The third kappa shape index (κ3) is 5.22. The van der Waals surface area contributed by atoms with Crippen LogP contribution in [0.4, 0.5) is 11.5 Å². The second-order valence-electron chi connectivity index (χ2n) is 12.6. The van der Waals surface area contributed by atoms with E-state index in [0.29, 0.717) is 25.7 Å². The van der Waals surface area contributed by atoms with Gasteiger partial charge >= 0.3 is 6.01 Å². The van der Waals surface area contributed by atoms with E-state index in [1.807, 2.05) is 17.0 Å². The monoisotopic (exact) mass is 600 g/mol. The van der Waals surface area contributed by atoms with Crippen molar-refractivity contribution < 1.29 is 9.53 Å². The molecule has 0 spiro atoms. The highest BCUT2D eigenvalue weighted by atomic mass is 35.5. The van der Waals surface area contributed by atoms with Gasteiger partial charge in [0.1, 0.15) is 12.4 Å². The average molecular weight is 601 g/mol. The first-order chi connectivity index (χ1) is 21.0. The Hall–Kier alpha value is -3.36. The van der Waals surface area contributed by atoms with Crippen molar-refractivity contribution in [1.29, 1.82) is 0 Å². The number of halogens is 1. The molecular formula is C34H41ClN6O2. The van der Waals surface area contributed by atoms with Gasteiger partial charge in [0.2, 0.25) is 5.91 Å². The molecule has 226 valence electrons. The number of carbonyl (C=O) groups is 1. The first kappa shape index (κ1) is 28.4. The second kappa shape index (κ2) is 11.6. The van der Waals surface area contributed by atoms with Crippen molar-refractivity contribution >= 4 is 39.8 Å². The number of hydrogen-bond donors (Lipinski definition) is 0. The molecule has 1 aromatic heterocycles. The molecule has 0 radical (unpaired) electrons. The normalized spacial score (nSPS) is 21.5. The van der Waals surface area contributed by atoms with Crippen LogP contribution in [0.25, 0.3) is 10.8 Å². The summed E-state index contributed by atoms with van der Waals surface area (Å²) < 4.78 is 6.54. The molecule has 0 aliphatic carbocycles. The predicted molar refractivity (Wildman–Crippen MR) is 172 cm³/mol. The van der Waals surface area contributed by atoms with Crippen LogP contribution in [0.1, 0.15) is 49.8 Å². The van der Waals surface area contributed by atoms with Crippen LogP contribution in [-0.4, -0.2) is 83.6 Å². The van der Waals surface area contributed by atoms with Gasteiger partial charge < -0.3 is 19.4 Å². The zero-order chi connectivity index (χ0) is 29.6. The van der Waals surface area contributed by atoms with E-state index in [1.165, 1.54) is 37.3 Å². The van der Waals surface area contributed by atoms with Gasteiger partial charge in [-0.15, -0.1) is 0 Å². The van der Waals surface area contributed by atoms with Crippen molar-refractivity contribution in [1.82, 2.24) is 19.8 Å². The number of aromatic nitrogens is 2. The van der Waals surface area contributed by atoms with E-state index in [1.54, 1.807) is 0 Å². The molecule has 3 aromatic rings. The highest BCUT2D eigenvalue weighted by molar-refractivity contribution is 6.36. The lowest BCUT2D eigenvalue weighted by molar-refractivity contribution is -0.127. The van der Waals surface area contributed by atoms with Crippen LogP contribution in [0.2, 0.25) is 5.02 Å². The summed E-state index contributed by atoms with van der Waals surface area (Å²) in [5.74, 6) is 0.925. The first-order valence-electron chi connectivity index (χ1n) is 15.8. The van der Waals surface area contributed by atoms with Crippen LogP contribution >= 0.6 is 11.6 Å². The molecule has 43 heavy (non-hydrogen) atoms. The fourth-order valence-corrected chi connectivity index (χ4v) is 8.20. The Morgan fingerprint density at radius 1 is 1.12 bits per heavy atom. The van der Waals surface area contributed by atoms with Crippen LogP contribution in [0.15, 0.2) is 49.1 Å². The molecule has 0 bridgehead atoms. The Kier molecular flexibility index (Phi) is 7.68. The van der Waals surface area contributed by atoms with Crippen molar-refractivity contribution in [2.75, 3.05) is 56.2 Å². The highest BCUT2D eigenvalue weighted by Gasteiger charge is 2.45. The number of anilines is 2. The van der Waals surface area contributed by atoms with Crippen LogP contribution in [0.3, 0.4) is 0 Å². The van der Waals surface area contributed by atoms with E-state index in [2.05, 4.69) is 52.6 Å². The zero-order valence-electron chi connectivity index (χ0n) is 25.1. The Morgan fingerprint density at radius 3 is 2.70 bits per heavy atom. The van der Waals surface area contributed by atoms with Gasteiger partial charge in [-0.3, -0.25) is 9.69 Å². The summed E-state index contributed by atoms with van der Waals surface area (Å²) in [7, 11) is 2.12. The summed E-state index contributed by atoms with van der Waals surface area (Å²) in [6.07, 6.45) is 9.01. The third-order valence-corrected chi connectivity index (χ3v) is 10.6. The molecule has 3 saturated heterocycles. The molecule has 5 heterocycles. The number of benzene rings is 2. The minimum atomic E-state index is -0.00633. The lowest BCUT2D eigenvalue weighted by atomic mass is 9.95. The Morgan fingerprint density at radius 2 is 1.91 bits per heavy atom. The number of nitrogens with zero attached hydrogens (tertiary/aromatic N) is 6. The number of rotatable bonds is 7. The van der Waals surface area contributed by atoms with E-state index >= 15 is 0 Å². The molecule has 8 nitrogen and oxygen atoms in total. The van der Waals surface area contributed by atoms with Crippen molar-refractivity contribution in [3.05, 3.63) is 65.3 Å². The summed E-state index contributed by atoms with van der Waals surface area (Å²) in [5.41, 5.74) is 3.42. The molecule has 1 amide bonds. The van der Waals surface area contributed by atoms with Crippen LogP contribution < -0.4 is 14.5 Å². The van der Waals surface area contributed by atoms with Gasteiger partial charge in [0.15, 0.2) is 0 Å². The number of piperidine rings is 1. The molecule has 0 N–H and O–H groups in total. The quantitative estimate of drug-likeness (QED) is 0.333. The summed E-state index contributed by atoms with van der Waals surface area (Å²) in [5, 5.41) is 2.98. The molecule has 4 aliphatic rings. The minimum Gasteiger partial charge on any atom is -0.461 e. The molecule has 0 saturated carbocycles. The van der Waals surface area contributed by atoms with Gasteiger partial charge in [0.25, 0.3) is 0 Å². The van der Waals surface area contributed by atoms with E-state index in [0.717, 1.165) is 78.4 Å². The number of likely N-dealkylation sites (tertiary alicyclic amines) is 1. The molecule has 9 heteroatoms. The van der Waals surface area contributed by atoms with Gasteiger partial charge in [-0.1, -0.05) is 42.4 Å². The van der Waals surface area contributed by atoms with Gasteiger partial charge in [0, 0.05) is 49.4 Å². The number of ether oxygens (including phenoxy) is 1. The molecule has 3 fully saturated rings. The maximum Gasteiger partial charge on any atom is 0.318 e. The van der Waals surface area contributed by atoms with Crippen LogP contribution in [0.5, 0.6) is 6.01 Å². The summed E-state index contributed by atoms with van der Waals surface area (Å²) >= 11 is 6.73. The second-order valence-corrected chi connectivity index (χ2v) is 13.1. The SMILES string of the molecule is C=CC(=O)N1CCC[C@@H](N(C)c2nc(OCC34CCCN3CCC4)nc3c2CCN(c2cccc4cccc(Cl)c24)C3)C1. The largest absolute Gasteiger partial charge is 0.461 e. The first-order valence-corrected chi connectivity index (χ1v) is 16.2. The molecular weight excluding hydrogens is 560 g/mol. The minimum absolute atomic E-state index is 0.00633. The average Bonchev–Trinajstić information content (AvgIpc) is 3.63. The maximum atomic E-state index is 12.5. The van der Waals surface area contributed by atoms with Crippen molar-refractivity contribution in [3.63, 3.8) is 0 Å². The topological polar surface area (TPSA) is 65.0 Å². The molecule has 2 aromatic carbocycles. The smallest absolute Gasteiger partial charge is 0.318 e. The zero-order valence-corrected chi connectivity index (χ0v) is 25.9. The van der Waals surface area contributed by atoms with Gasteiger partial charge in [-0.25, -0.2) is 0 Å². The lowest BCUT2D eigenvalue weighted by Gasteiger charge is -2.40. The standard InChI is InChI=1S/C34H41ClN6O2/c1-3-30(42)40-17-6-11-25(21-40)38(2)32-26-14-20-39(29-13-5-10-24-9-4-12-27(35)31(24)29)22-28(26)36-33(37-32)43-23-34-15-7-18-41(34)19-8-16-34/h3-5,9-10,12-13,25H,1,6-8,11,14-23H2,2H3/t25-/m1/s1. The van der Waals surface area contributed by atoms with Gasteiger partial charge in [-0.2, -0.15) is 9.97 Å². The molecule has 4 aliphatic heterocycles.